The van der Waals surface area contributed by atoms with Gasteiger partial charge in [0, 0.05) is 15.6 Å². The van der Waals surface area contributed by atoms with Gasteiger partial charge in [0.15, 0.2) is 5.78 Å². The highest BCUT2D eigenvalue weighted by Crippen LogP contribution is 2.35. The second kappa shape index (κ2) is 5.40. The Balaban J connectivity index is 2.46. The van der Waals surface area contributed by atoms with Crippen molar-refractivity contribution in [3.05, 3.63) is 69.2 Å². The van der Waals surface area contributed by atoms with Gasteiger partial charge in [-0.25, -0.2) is 0 Å². The van der Waals surface area contributed by atoms with Gasteiger partial charge in [-0.1, -0.05) is 39.7 Å². The lowest BCUT2D eigenvalue weighted by molar-refractivity contribution is -0.138. The van der Waals surface area contributed by atoms with E-state index in [1.165, 1.54) is 12.1 Å². The number of halogens is 4. The number of ketones is 1. The van der Waals surface area contributed by atoms with E-state index in [1.54, 1.807) is 18.2 Å². The lowest BCUT2D eigenvalue weighted by Gasteiger charge is -2.11. The predicted molar refractivity (Wildman–Crippen MR) is 73.8 cm³/mol. The van der Waals surface area contributed by atoms with Crippen molar-refractivity contribution in [2.24, 2.45) is 0 Å². The van der Waals surface area contributed by atoms with Crippen molar-refractivity contribution < 1.29 is 18.0 Å². The monoisotopic (exact) mass is 342 g/mol. The molecule has 0 aliphatic heterocycles. The molecule has 0 saturated carbocycles. The van der Waals surface area contributed by atoms with E-state index in [4.69, 9.17) is 0 Å². The third-order valence-corrected chi connectivity index (χ3v) is 3.51. The molecule has 2 aromatic carbocycles. The van der Waals surface area contributed by atoms with Gasteiger partial charge in [-0.3, -0.25) is 4.79 Å². The zero-order chi connectivity index (χ0) is 14.9. The summed E-state index contributed by atoms with van der Waals surface area (Å²) in [7, 11) is 0. The number of hydrogen-bond acceptors (Lipinski definition) is 1. The Bertz CT molecular complexity index is 662. The maximum Gasteiger partial charge on any atom is 0.417 e. The van der Waals surface area contributed by atoms with E-state index >= 15 is 0 Å². The topological polar surface area (TPSA) is 17.1 Å². The molecule has 1 nitrogen and oxygen atoms in total. The Morgan fingerprint density at radius 3 is 2.30 bits per heavy atom. The standard InChI is InChI=1S/C15H10BrF3O/c1-9-3-2-4-10(7-9)14(20)11-5-6-13(16)12(8-11)15(17,18)19/h2-8H,1H3. The molecule has 104 valence electrons. The molecule has 0 aliphatic carbocycles. The van der Waals surface area contributed by atoms with Crippen LogP contribution in [0.5, 0.6) is 0 Å². The van der Waals surface area contributed by atoms with Crippen LogP contribution in [0.15, 0.2) is 46.9 Å². The minimum Gasteiger partial charge on any atom is -0.289 e. The highest BCUT2D eigenvalue weighted by atomic mass is 79.9. The van der Waals surface area contributed by atoms with Crippen LogP contribution in [0.1, 0.15) is 27.0 Å². The van der Waals surface area contributed by atoms with E-state index in [0.717, 1.165) is 11.6 Å². The molecule has 0 aromatic heterocycles. The van der Waals surface area contributed by atoms with Crippen LogP contribution < -0.4 is 0 Å². The highest BCUT2D eigenvalue weighted by Gasteiger charge is 2.33. The maximum absolute atomic E-state index is 12.8. The molecular weight excluding hydrogens is 333 g/mol. The highest BCUT2D eigenvalue weighted by molar-refractivity contribution is 9.10. The fourth-order valence-corrected chi connectivity index (χ4v) is 2.31. The number of hydrogen-bond donors (Lipinski definition) is 0. The number of rotatable bonds is 2. The first-order chi connectivity index (χ1) is 9.29. The minimum absolute atomic E-state index is 0.0196. The van der Waals surface area contributed by atoms with Crippen molar-refractivity contribution in [1.29, 1.82) is 0 Å². The van der Waals surface area contributed by atoms with Crippen LogP contribution in [0.2, 0.25) is 0 Å². The van der Waals surface area contributed by atoms with Crippen LogP contribution >= 0.6 is 15.9 Å². The Labute approximate surface area is 122 Å². The average molecular weight is 343 g/mol. The molecule has 0 atom stereocenters. The quantitative estimate of drug-likeness (QED) is 0.701. The van der Waals surface area contributed by atoms with Crippen molar-refractivity contribution >= 4 is 21.7 Å². The van der Waals surface area contributed by atoms with E-state index < -0.39 is 17.5 Å². The predicted octanol–water partition coefficient (Wildman–Crippen LogP) is 5.01. The van der Waals surface area contributed by atoms with Crippen molar-refractivity contribution in [3.8, 4) is 0 Å². The first-order valence-electron chi connectivity index (χ1n) is 5.77. The SMILES string of the molecule is Cc1cccc(C(=O)c2ccc(Br)c(C(F)(F)F)c2)c1. The zero-order valence-corrected chi connectivity index (χ0v) is 12.0. The molecular formula is C15H10BrF3O. The molecule has 2 rings (SSSR count). The Hall–Kier alpha value is -1.62. The molecule has 2 aromatic rings. The molecule has 0 fully saturated rings. The van der Waals surface area contributed by atoms with Gasteiger partial charge in [0.1, 0.15) is 0 Å². The number of carbonyl (C=O) groups excluding carboxylic acids is 1. The largest absolute Gasteiger partial charge is 0.417 e. The minimum atomic E-state index is -4.50. The van der Waals surface area contributed by atoms with Gasteiger partial charge in [-0.15, -0.1) is 0 Å². The van der Waals surface area contributed by atoms with Crippen molar-refractivity contribution in [2.75, 3.05) is 0 Å². The number of carbonyl (C=O) groups is 1. The van der Waals surface area contributed by atoms with Gasteiger partial charge in [0.2, 0.25) is 0 Å². The fourth-order valence-electron chi connectivity index (χ4n) is 1.84. The molecule has 0 saturated heterocycles. The van der Waals surface area contributed by atoms with Gasteiger partial charge in [-0.05, 0) is 31.2 Å². The Kier molecular flexibility index (Phi) is 3.99. The van der Waals surface area contributed by atoms with E-state index in [2.05, 4.69) is 15.9 Å². The van der Waals surface area contributed by atoms with E-state index in [1.807, 2.05) is 13.0 Å². The lowest BCUT2D eigenvalue weighted by Crippen LogP contribution is -2.09. The summed E-state index contributed by atoms with van der Waals surface area (Å²) in [5.41, 5.74) is 0.423. The number of benzene rings is 2. The first-order valence-corrected chi connectivity index (χ1v) is 6.56. The van der Waals surface area contributed by atoms with E-state index in [9.17, 15) is 18.0 Å². The summed E-state index contributed by atoms with van der Waals surface area (Å²) in [6.45, 7) is 1.82. The third-order valence-electron chi connectivity index (χ3n) is 2.81. The van der Waals surface area contributed by atoms with Crippen LogP contribution in [0, 0.1) is 6.92 Å². The molecule has 0 unspecified atom stereocenters. The van der Waals surface area contributed by atoms with Crippen molar-refractivity contribution in [3.63, 3.8) is 0 Å². The molecule has 0 heterocycles. The first kappa shape index (κ1) is 14.8. The summed E-state index contributed by atoms with van der Waals surface area (Å²) in [6.07, 6.45) is -4.50. The van der Waals surface area contributed by atoms with Gasteiger partial charge in [0.05, 0.1) is 5.56 Å². The molecule has 0 aliphatic rings. The summed E-state index contributed by atoms with van der Waals surface area (Å²) < 4.78 is 38.4. The number of aryl methyl sites for hydroxylation is 1. The van der Waals surface area contributed by atoms with E-state index in [0.29, 0.717) is 5.56 Å². The van der Waals surface area contributed by atoms with Gasteiger partial charge < -0.3 is 0 Å². The summed E-state index contributed by atoms with van der Waals surface area (Å²) in [5, 5.41) is 0. The van der Waals surface area contributed by atoms with Crippen LogP contribution in [0.4, 0.5) is 13.2 Å². The summed E-state index contributed by atoms with van der Waals surface area (Å²) in [5.74, 6) is -0.424. The molecule has 20 heavy (non-hydrogen) atoms. The second-order valence-electron chi connectivity index (χ2n) is 4.39. The molecule has 0 spiro atoms. The Morgan fingerprint density at radius 1 is 1.05 bits per heavy atom. The Morgan fingerprint density at radius 2 is 1.70 bits per heavy atom. The third kappa shape index (κ3) is 3.10. The van der Waals surface area contributed by atoms with Gasteiger partial charge in [0.25, 0.3) is 0 Å². The maximum atomic E-state index is 12.8. The lowest BCUT2D eigenvalue weighted by atomic mass is 10.00. The van der Waals surface area contributed by atoms with Crippen LogP contribution in [0.25, 0.3) is 0 Å². The van der Waals surface area contributed by atoms with Crippen LogP contribution in [-0.4, -0.2) is 5.78 Å². The van der Waals surface area contributed by atoms with Crippen molar-refractivity contribution in [2.45, 2.75) is 13.1 Å². The fraction of sp³-hybridized carbons (Fsp3) is 0.133. The molecule has 0 bridgehead atoms. The molecule has 5 heteroatoms. The van der Waals surface area contributed by atoms with Gasteiger partial charge >= 0.3 is 6.18 Å². The summed E-state index contributed by atoms with van der Waals surface area (Å²) >= 11 is 2.85. The van der Waals surface area contributed by atoms with Crippen LogP contribution in [-0.2, 0) is 6.18 Å². The van der Waals surface area contributed by atoms with E-state index in [-0.39, 0.29) is 10.0 Å². The summed E-state index contributed by atoms with van der Waals surface area (Å²) in [6, 6.07) is 10.2. The smallest absolute Gasteiger partial charge is 0.289 e. The summed E-state index contributed by atoms with van der Waals surface area (Å²) in [4.78, 5) is 12.2. The zero-order valence-electron chi connectivity index (χ0n) is 10.5. The number of alkyl halides is 3. The molecule has 0 amide bonds. The molecule has 0 radical (unpaired) electrons. The van der Waals surface area contributed by atoms with Crippen LogP contribution in [0.3, 0.4) is 0 Å². The average Bonchev–Trinajstić information content (AvgIpc) is 2.37. The van der Waals surface area contributed by atoms with Crippen molar-refractivity contribution in [1.82, 2.24) is 0 Å². The normalized spacial score (nSPS) is 11.4. The second-order valence-corrected chi connectivity index (χ2v) is 5.25. The van der Waals surface area contributed by atoms with Gasteiger partial charge in [-0.2, -0.15) is 13.2 Å². The molecule has 0 N–H and O–H groups in total.